The van der Waals surface area contributed by atoms with Gasteiger partial charge < -0.3 is 19.4 Å². The number of nitrogens with zero attached hydrogens (tertiary/aromatic N) is 5. The molecule has 27 heavy (non-hydrogen) atoms. The van der Waals surface area contributed by atoms with Gasteiger partial charge >= 0.3 is 0 Å². The number of likely N-dealkylation sites (tertiary alicyclic amines) is 2. The molecule has 148 valence electrons. The smallest absolute Gasteiger partial charge is 0.222 e. The fraction of sp³-hybridized carbons (Fsp3) is 0.750. The lowest BCUT2D eigenvalue weighted by molar-refractivity contribution is -0.127. The summed E-state index contributed by atoms with van der Waals surface area (Å²) in [5.74, 6) is 2.68. The highest BCUT2D eigenvalue weighted by Crippen LogP contribution is 2.28. The fourth-order valence-electron chi connectivity index (χ4n) is 4.44. The zero-order valence-corrected chi connectivity index (χ0v) is 16.4. The Kier molecular flexibility index (Phi) is 5.88. The molecule has 3 aliphatic heterocycles. The molecular weight excluding hydrogens is 342 g/mol. The Hall–Kier alpha value is -1.73. The average molecular weight is 374 g/mol. The number of hydrogen-bond acceptors (Lipinski definition) is 6. The first kappa shape index (κ1) is 18.6. The van der Waals surface area contributed by atoms with E-state index < -0.39 is 0 Å². The van der Waals surface area contributed by atoms with Gasteiger partial charge in [0.15, 0.2) is 0 Å². The summed E-state index contributed by atoms with van der Waals surface area (Å²) >= 11 is 0. The minimum atomic E-state index is 0.324. The first-order chi connectivity index (χ1) is 13.2. The van der Waals surface area contributed by atoms with Gasteiger partial charge in [-0.05, 0) is 32.7 Å². The highest BCUT2D eigenvalue weighted by molar-refractivity contribution is 5.78. The predicted octanol–water partition coefficient (Wildman–Crippen LogP) is 1.42. The van der Waals surface area contributed by atoms with Crippen LogP contribution < -0.4 is 4.90 Å². The van der Waals surface area contributed by atoms with E-state index in [0.717, 1.165) is 83.5 Å². The Morgan fingerprint density at radius 3 is 2.74 bits per heavy atom. The van der Waals surface area contributed by atoms with Crippen molar-refractivity contribution in [2.45, 2.75) is 38.5 Å². The molecule has 4 rings (SSSR count). The van der Waals surface area contributed by atoms with E-state index in [1.54, 1.807) is 0 Å². The summed E-state index contributed by atoms with van der Waals surface area (Å²) in [4.78, 5) is 28.1. The summed E-state index contributed by atoms with van der Waals surface area (Å²) < 4.78 is 5.47. The molecule has 3 fully saturated rings. The van der Waals surface area contributed by atoms with Gasteiger partial charge in [0.1, 0.15) is 11.6 Å². The van der Waals surface area contributed by atoms with Crippen LogP contribution in [-0.4, -0.2) is 84.7 Å². The summed E-state index contributed by atoms with van der Waals surface area (Å²) in [6, 6.07) is 2.19. The molecule has 7 heteroatoms. The van der Waals surface area contributed by atoms with Crippen LogP contribution in [0.4, 0.5) is 5.82 Å². The van der Waals surface area contributed by atoms with Gasteiger partial charge in [0.25, 0.3) is 0 Å². The quantitative estimate of drug-likeness (QED) is 0.778. The number of amides is 1. The fourth-order valence-corrected chi connectivity index (χ4v) is 4.44. The normalized spacial score (nSPS) is 24.6. The molecule has 0 spiro atoms. The van der Waals surface area contributed by atoms with Gasteiger partial charge in [-0.3, -0.25) is 4.79 Å². The predicted molar refractivity (Wildman–Crippen MR) is 104 cm³/mol. The van der Waals surface area contributed by atoms with Crippen LogP contribution in [0.15, 0.2) is 6.07 Å². The monoisotopic (exact) mass is 373 g/mol. The molecule has 1 amide bonds. The minimum absolute atomic E-state index is 0.324. The lowest BCUT2D eigenvalue weighted by Gasteiger charge is -2.34. The van der Waals surface area contributed by atoms with Crippen molar-refractivity contribution in [3.63, 3.8) is 0 Å². The second-order valence-electron chi connectivity index (χ2n) is 7.92. The SMILES string of the molecule is Cc1nc(C2CCCN(CCN3CCCC3=O)C2)cc(N2CCOCC2)n1. The van der Waals surface area contributed by atoms with E-state index in [4.69, 9.17) is 9.72 Å². The molecule has 3 aliphatic rings. The molecular formula is C20H31N5O2. The van der Waals surface area contributed by atoms with Crippen LogP contribution in [0.1, 0.15) is 43.1 Å². The third-order valence-electron chi connectivity index (χ3n) is 5.96. The molecule has 0 radical (unpaired) electrons. The second-order valence-corrected chi connectivity index (χ2v) is 7.92. The number of aromatic nitrogens is 2. The molecule has 1 atom stereocenters. The van der Waals surface area contributed by atoms with Crippen LogP contribution in [0, 0.1) is 6.92 Å². The molecule has 1 unspecified atom stereocenters. The van der Waals surface area contributed by atoms with Crippen molar-refractivity contribution < 1.29 is 9.53 Å². The Morgan fingerprint density at radius 2 is 1.96 bits per heavy atom. The minimum Gasteiger partial charge on any atom is -0.378 e. The van der Waals surface area contributed by atoms with Gasteiger partial charge in [-0.25, -0.2) is 9.97 Å². The summed E-state index contributed by atoms with van der Waals surface area (Å²) in [6.45, 7) is 10.3. The maximum Gasteiger partial charge on any atom is 0.222 e. The van der Waals surface area contributed by atoms with Crippen molar-refractivity contribution in [1.82, 2.24) is 19.8 Å². The zero-order chi connectivity index (χ0) is 18.6. The van der Waals surface area contributed by atoms with E-state index in [1.807, 2.05) is 11.8 Å². The van der Waals surface area contributed by atoms with Gasteiger partial charge in [-0.2, -0.15) is 0 Å². The second kappa shape index (κ2) is 8.52. The molecule has 1 aromatic rings. The summed E-state index contributed by atoms with van der Waals surface area (Å²) in [7, 11) is 0. The van der Waals surface area contributed by atoms with Gasteiger partial charge in [-0.1, -0.05) is 0 Å². The number of aryl methyl sites for hydroxylation is 1. The lowest BCUT2D eigenvalue weighted by Crippen LogP contribution is -2.41. The van der Waals surface area contributed by atoms with Gasteiger partial charge in [0, 0.05) is 57.7 Å². The van der Waals surface area contributed by atoms with E-state index in [1.165, 1.54) is 18.5 Å². The molecule has 0 bridgehead atoms. The van der Waals surface area contributed by atoms with Gasteiger partial charge in [0.2, 0.25) is 5.91 Å². The van der Waals surface area contributed by atoms with Crippen LogP contribution in [-0.2, 0) is 9.53 Å². The lowest BCUT2D eigenvalue weighted by atomic mass is 9.94. The van der Waals surface area contributed by atoms with Crippen LogP contribution in [0.25, 0.3) is 0 Å². The summed E-state index contributed by atoms with van der Waals surface area (Å²) in [5.41, 5.74) is 1.17. The van der Waals surface area contributed by atoms with Crippen LogP contribution >= 0.6 is 0 Å². The van der Waals surface area contributed by atoms with Crippen molar-refractivity contribution in [1.29, 1.82) is 0 Å². The molecule has 7 nitrogen and oxygen atoms in total. The van der Waals surface area contributed by atoms with E-state index in [2.05, 4.69) is 20.9 Å². The van der Waals surface area contributed by atoms with Crippen molar-refractivity contribution >= 4 is 11.7 Å². The summed E-state index contributed by atoms with van der Waals surface area (Å²) in [6.07, 6.45) is 4.12. The van der Waals surface area contributed by atoms with Crippen LogP contribution in [0.2, 0.25) is 0 Å². The Balaban J connectivity index is 1.40. The van der Waals surface area contributed by atoms with Crippen molar-refractivity contribution in [2.24, 2.45) is 0 Å². The standard InChI is InChI=1S/C20H31N5O2/c1-16-21-18(14-19(22-16)24-10-12-27-13-11-24)17-4-2-6-23(15-17)8-9-25-7-3-5-20(25)26/h14,17H,2-13,15H2,1H3. The topological polar surface area (TPSA) is 61.8 Å². The number of morpholine rings is 1. The van der Waals surface area contributed by atoms with Crippen molar-refractivity contribution in [3.8, 4) is 0 Å². The number of carbonyl (C=O) groups excluding carboxylic acids is 1. The molecule has 3 saturated heterocycles. The van der Waals surface area contributed by atoms with Crippen molar-refractivity contribution in [2.75, 3.05) is 63.9 Å². The van der Waals surface area contributed by atoms with Gasteiger partial charge in [-0.15, -0.1) is 0 Å². The number of rotatable bonds is 5. The maximum absolute atomic E-state index is 11.8. The number of ether oxygens (including phenoxy) is 1. The maximum atomic E-state index is 11.8. The van der Waals surface area contributed by atoms with Crippen LogP contribution in [0.5, 0.6) is 0 Å². The first-order valence-corrected chi connectivity index (χ1v) is 10.4. The molecule has 0 N–H and O–H groups in total. The largest absolute Gasteiger partial charge is 0.378 e. The number of piperidine rings is 1. The highest BCUT2D eigenvalue weighted by Gasteiger charge is 2.26. The van der Waals surface area contributed by atoms with Gasteiger partial charge in [0.05, 0.1) is 18.9 Å². The number of carbonyl (C=O) groups is 1. The molecule has 4 heterocycles. The molecule has 0 aliphatic carbocycles. The Labute approximate surface area is 161 Å². The zero-order valence-electron chi connectivity index (χ0n) is 16.4. The highest BCUT2D eigenvalue weighted by atomic mass is 16.5. The third-order valence-corrected chi connectivity index (χ3v) is 5.96. The Morgan fingerprint density at radius 1 is 1.11 bits per heavy atom. The summed E-state index contributed by atoms with van der Waals surface area (Å²) in [5, 5.41) is 0. The number of anilines is 1. The number of hydrogen-bond donors (Lipinski definition) is 0. The third kappa shape index (κ3) is 4.58. The first-order valence-electron chi connectivity index (χ1n) is 10.4. The van der Waals surface area contributed by atoms with Crippen LogP contribution in [0.3, 0.4) is 0 Å². The van der Waals surface area contributed by atoms with E-state index >= 15 is 0 Å². The van der Waals surface area contributed by atoms with E-state index in [-0.39, 0.29) is 0 Å². The van der Waals surface area contributed by atoms with Crippen molar-refractivity contribution in [3.05, 3.63) is 17.6 Å². The van der Waals surface area contributed by atoms with E-state index in [9.17, 15) is 4.79 Å². The molecule has 1 aromatic heterocycles. The molecule has 0 aromatic carbocycles. The average Bonchev–Trinajstić information content (AvgIpc) is 3.12. The Bertz CT molecular complexity index is 662. The molecule has 0 saturated carbocycles. The van der Waals surface area contributed by atoms with E-state index in [0.29, 0.717) is 11.8 Å².